The Morgan fingerprint density at radius 3 is 2.45 bits per heavy atom. The lowest BCUT2D eigenvalue weighted by atomic mass is 9.98. The van der Waals surface area contributed by atoms with Gasteiger partial charge in [-0.2, -0.15) is 0 Å². The monoisotopic (exact) mass is 297 g/mol. The number of aryl methyl sites for hydroxylation is 2. The van der Waals surface area contributed by atoms with E-state index < -0.39 is 0 Å². The van der Waals surface area contributed by atoms with Crippen molar-refractivity contribution in [2.24, 2.45) is 0 Å². The number of nitrogens with one attached hydrogen (secondary N) is 1. The Kier molecular flexibility index (Phi) is 5.21. The van der Waals surface area contributed by atoms with Crippen molar-refractivity contribution in [1.82, 2.24) is 0 Å². The first-order chi connectivity index (χ1) is 10.5. The minimum absolute atomic E-state index is 0.00873. The van der Waals surface area contributed by atoms with Crippen LogP contribution in [0.1, 0.15) is 36.5 Å². The molecular formula is C19H23NO2. The Labute approximate surface area is 132 Å². The standard InChI is InChI=1S/C19H23NO2/c1-13(2)17-10-9-16(11-15(17)4)22-12-19(21)20-18-8-6-5-7-14(18)3/h5-11,13H,12H2,1-4H3,(H,20,21). The van der Waals surface area contributed by atoms with Gasteiger partial charge in [0.25, 0.3) is 5.91 Å². The lowest BCUT2D eigenvalue weighted by molar-refractivity contribution is -0.118. The third kappa shape index (κ3) is 4.10. The van der Waals surface area contributed by atoms with Crippen LogP contribution in [0.25, 0.3) is 0 Å². The molecule has 116 valence electrons. The fourth-order valence-electron chi connectivity index (χ4n) is 2.43. The second-order valence-electron chi connectivity index (χ2n) is 5.82. The lowest BCUT2D eigenvalue weighted by Gasteiger charge is -2.13. The van der Waals surface area contributed by atoms with Gasteiger partial charge in [-0.3, -0.25) is 4.79 Å². The molecule has 3 nitrogen and oxygen atoms in total. The highest BCUT2D eigenvalue weighted by atomic mass is 16.5. The first kappa shape index (κ1) is 16.1. The molecule has 0 saturated carbocycles. The average molecular weight is 297 g/mol. The number of para-hydroxylation sites is 1. The molecule has 0 aliphatic carbocycles. The van der Waals surface area contributed by atoms with E-state index in [-0.39, 0.29) is 12.5 Å². The molecule has 1 amide bonds. The molecule has 0 atom stereocenters. The van der Waals surface area contributed by atoms with Crippen molar-refractivity contribution in [3.05, 3.63) is 59.2 Å². The largest absolute Gasteiger partial charge is 0.484 e. The summed E-state index contributed by atoms with van der Waals surface area (Å²) in [6.07, 6.45) is 0. The quantitative estimate of drug-likeness (QED) is 0.885. The maximum Gasteiger partial charge on any atom is 0.262 e. The van der Waals surface area contributed by atoms with Crippen LogP contribution >= 0.6 is 0 Å². The molecule has 0 aliphatic rings. The number of hydrogen-bond donors (Lipinski definition) is 1. The highest BCUT2D eigenvalue weighted by molar-refractivity contribution is 5.92. The molecule has 1 N–H and O–H groups in total. The maximum atomic E-state index is 12.0. The van der Waals surface area contributed by atoms with E-state index >= 15 is 0 Å². The molecule has 3 heteroatoms. The minimum atomic E-state index is -0.153. The molecule has 0 heterocycles. The van der Waals surface area contributed by atoms with Crippen LogP contribution in [0.4, 0.5) is 5.69 Å². The van der Waals surface area contributed by atoms with Crippen LogP contribution in [0, 0.1) is 13.8 Å². The molecule has 2 rings (SSSR count). The average Bonchev–Trinajstić information content (AvgIpc) is 2.47. The first-order valence-corrected chi connectivity index (χ1v) is 7.56. The molecule has 0 fully saturated rings. The number of carbonyl (C=O) groups is 1. The lowest BCUT2D eigenvalue weighted by Crippen LogP contribution is -2.20. The van der Waals surface area contributed by atoms with Gasteiger partial charge in [-0.1, -0.05) is 38.1 Å². The summed E-state index contributed by atoms with van der Waals surface area (Å²) >= 11 is 0. The minimum Gasteiger partial charge on any atom is -0.484 e. The number of benzene rings is 2. The smallest absolute Gasteiger partial charge is 0.262 e. The van der Waals surface area contributed by atoms with Crippen molar-refractivity contribution >= 4 is 11.6 Å². The molecule has 0 spiro atoms. The normalized spacial score (nSPS) is 10.6. The number of anilines is 1. The topological polar surface area (TPSA) is 38.3 Å². The van der Waals surface area contributed by atoms with E-state index in [4.69, 9.17) is 4.74 Å². The van der Waals surface area contributed by atoms with E-state index in [1.807, 2.05) is 43.3 Å². The number of rotatable bonds is 5. The fraction of sp³-hybridized carbons (Fsp3) is 0.316. The second kappa shape index (κ2) is 7.12. The molecule has 22 heavy (non-hydrogen) atoms. The van der Waals surface area contributed by atoms with Crippen LogP contribution in [-0.4, -0.2) is 12.5 Å². The number of ether oxygens (including phenoxy) is 1. The zero-order chi connectivity index (χ0) is 16.1. The molecule has 0 unspecified atom stereocenters. The van der Waals surface area contributed by atoms with Gasteiger partial charge in [0, 0.05) is 5.69 Å². The summed E-state index contributed by atoms with van der Waals surface area (Å²) in [5.74, 6) is 1.06. The van der Waals surface area contributed by atoms with Gasteiger partial charge in [-0.05, 0) is 54.7 Å². The summed E-state index contributed by atoms with van der Waals surface area (Å²) < 4.78 is 5.58. The van der Waals surface area contributed by atoms with Gasteiger partial charge in [0.15, 0.2) is 6.61 Å². The molecule has 2 aromatic rings. The van der Waals surface area contributed by atoms with Gasteiger partial charge in [0.1, 0.15) is 5.75 Å². The van der Waals surface area contributed by atoms with Crippen molar-refractivity contribution in [2.75, 3.05) is 11.9 Å². The predicted octanol–water partition coefficient (Wildman–Crippen LogP) is 4.44. The van der Waals surface area contributed by atoms with Crippen LogP contribution in [0.15, 0.2) is 42.5 Å². The third-order valence-corrected chi connectivity index (χ3v) is 3.65. The van der Waals surface area contributed by atoms with Crippen LogP contribution in [-0.2, 0) is 4.79 Å². The third-order valence-electron chi connectivity index (χ3n) is 3.65. The number of carbonyl (C=O) groups excluding carboxylic acids is 1. The van der Waals surface area contributed by atoms with Crippen molar-refractivity contribution in [3.63, 3.8) is 0 Å². The molecule has 0 saturated heterocycles. The van der Waals surface area contributed by atoms with Gasteiger partial charge in [0.05, 0.1) is 0 Å². The Morgan fingerprint density at radius 2 is 1.82 bits per heavy atom. The molecule has 0 aliphatic heterocycles. The van der Waals surface area contributed by atoms with Gasteiger partial charge in [-0.25, -0.2) is 0 Å². The van der Waals surface area contributed by atoms with E-state index in [9.17, 15) is 4.79 Å². The van der Waals surface area contributed by atoms with Crippen molar-refractivity contribution in [3.8, 4) is 5.75 Å². The van der Waals surface area contributed by atoms with E-state index in [2.05, 4.69) is 32.2 Å². The van der Waals surface area contributed by atoms with Crippen molar-refractivity contribution < 1.29 is 9.53 Å². The zero-order valence-electron chi connectivity index (χ0n) is 13.6. The summed E-state index contributed by atoms with van der Waals surface area (Å²) in [5, 5.41) is 2.86. The van der Waals surface area contributed by atoms with E-state index in [1.165, 1.54) is 11.1 Å². The summed E-state index contributed by atoms with van der Waals surface area (Å²) in [7, 11) is 0. The van der Waals surface area contributed by atoms with Crippen molar-refractivity contribution in [1.29, 1.82) is 0 Å². The second-order valence-corrected chi connectivity index (χ2v) is 5.82. The van der Waals surface area contributed by atoms with Crippen LogP contribution in [0.2, 0.25) is 0 Å². The summed E-state index contributed by atoms with van der Waals surface area (Å²) in [6.45, 7) is 8.37. The highest BCUT2D eigenvalue weighted by Crippen LogP contribution is 2.23. The molecule has 0 aromatic heterocycles. The van der Waals surface area contributed by atoms with Crippen LogP contribution in [0.3, 0.4) is 0 Å². The summed E-state index contributed by atoms with van der Waals surface area (Å²) in [4.78, 5) is 12.0. The summed E-state index contributed by atoms with van der Waals surface area (Å²) in [5.41, 5.74) is 4.35. The van der Waals surface area contributed by atoms with Gasteiger partial charge < -0.3 is 10.1 Å². The van der Waals surface area contributed by atoms with Crippen LogP contribution < -0.4 is 10.1 Å². The van der Waals surface area contributed by atoms with E-state index in [0.717, 1.165) is 17.0 Å². The molecule has 0 bridgehead atoms. The first-order valence-electron chi connectivity index (χ1n) is 7.56. The van der Waals surface area contributed by atoms with Crippen molar-refractivity contribution in [2.45, 2.75) is 33.6 Å². The Hall–Kier alpha value is -2.29. The van der Waals surface area contributed by atoms with Crippen LogP contribution in [0.5, 0.6) is 5.75 Å². The Bertz CT molecular complexity index is 662. The molecule has 0 radical (unpaired) electrons. The van der Waals surface area contributed by atoms with Gasteiger partial charge >= 0.3 is 0 Å². The van der Waals surface area contributed by atoms with Gasteiger partial charge in [-0.15, -0.1) is 0 Å². The fourth-order valence-corrected chi connectivity index (χ4v) is 2.43. The summed E-state index contributed by atoms with van der Waals surface area (Å²) in [6, 6.07) is 13.7. The maximum absolute atomic E-state index is 12.0. The van der Waals surface area contributed by atoms with E-state index in [1.54, 1.807) is 0 Å². The van der Waals surface area contributed by atoms with Gasteiger partial charge in [0.2, 0.25) is 0 Å². The SMILES string of the molecule is Cc1ccccc1NC(=O)COc1ccc(C(C)C)c(C)c1. The molecular weight excluding hydrogens is 274 g/mol. The highest BCUT2D eigenvalue weighted by Gasteiger charge is 2.08. The van der Waals surface area contributed by atoms with E-state index in [0.29, 0.717) is 5.92 Å². The zero-order valence-corrected chi connectivity index (χ0v) is 13.6. The Morgan fingerprint density at radius 1 is 1.09 bits per heavy atom. The predicted molar refractivity (Wildman–Crippen MR) is 90.6 cm³/mol. The molecule has 2 aromatic carbocycles. The number of amides is 1. The Balaban J connectivity index is 1.94. The number of hydrogen-bond acceptors (Lipinski definition) is 2.